The number of ether oxygens (including phenoxy) is 2. The number of amides is 1. The van der Waals surface area contributed by atoms with Gasteiger partial charge in [0, 0.05) is 18.2 Å². The van der Waals surface area contributed by atoms with E-state index >= 15 is 0 Å². The predicted molar refractivity (Wildman–Crippen MR) is 124 cm³/mol. The Morgan fingerprint density at radius 1 is 1.38 bits per heavy atom. The molecular weight excluding hydrogens is 440 g/mol. The van der Waals surface area contributed by atoms with Gasteiger partial charge in [-0.3, -0.25) is 14.0 Å². The number of nitrogens with one attached hydrogen (secondary N) is 1. The molecule has 0 saturated carbocycles. The summed E-state index contributed by atoms with van der Waals surface area (Å²) in [5.41, 5.74) is 7.29. The number of hydrogen-bond donors (Lipinski definition) is 3. The van der Waals surface area contributed by atoms with E-state index in [4.69, 9.17) is 15.2 Å². The molecule has 1 amide bonds. The lowest BCUT2D eigenvalue weighted by Crippen LogP contribution is -2.39. The van der Waals surface area contributed by atoms with Crippen molar-refractivity contribution in [1.82, 2.24) is 19.3 Å². The summed E-state index contributed by atoms with van der Waals surface area (Å²) in [6.07, 6.45) is 1.90. The van der Waals surface area contributed by atoms with Gasteiger partial charge in [-0.05, 0) is 52.0 Å². The van der Waals surface area contributed by atoms with Gasteiger partial charge in [0.2, 0.25) is 11.9 Å². The van der Waals surface area contributed by atoms with Crippen LogP contribution in [0.4, 0.5) is 5.95 Å². The first-order chi connectivity index (χ1) is 16.2. The van der Waals surface area contributed by atoms with E-state index in [-0.39, 0.29) is 18.8 Å². The standard InChI is InChI=1S/C23H28N6O5/c1-5-28-16(9-13(3)27-28)21(32)26-22-25-15-10-14(20(24)31)11-17-19(15)29(22)23(4,12-34-17)8-7-18(30)33-6-2/h7-11,21,32H,5-6,12H2,1-4H3,(H2,24,31)(H,25,26)/b8-7+. The second-order valence-electron chi connectivity index (χ2n) is 8.28. The van der Waals surface area contributed by atoms with E-state index in [0.717, 1.165) is 5.69 Å². The van der Waals surface area contributed by atoms with Gasteiger partial charge in [-0.15, -0.1) is 0 Å². The third-order valence-electron chi connectivity index (χ3n) is 5.68. The molecule has 0 aliphatic carbocycles. The van der Waals surface area contributed by atoms with Gasteiger partial charge < -0.3 is 25.6 Å². The zero-order valence-electron chi connectivity index (χ0n) is 19.5. The lowest BCUT2D eigenvalue weighted by Gasteiger charge is -2.35. The van der Waals surface area contributed by atoms with Gasteiger partial charge in [0.15, 0.2) is 6.23 Å². The monoisotopic (exact) mass is 468 g/mol. The van der Waals surface area contributed by atoms with Crippen molar-refractivity contribution in [3.05, 3.63) is 47.3 Å². The highest BCUT2D eigenvalue weighted by Crippen LogP contribution is 2.40. The Hall–Kier alpha value is -3.86. The number of nitrogens with zero attached hydrogens (tertiary/aromatic N) is 4. The van der Waals surface area contributed by atoms with Crippen molar-refractivity contribution < 1.29 is 24.2 Å². The minimum absolute atomic E-state index is 0.139. The van der Waals surface area contributed by atoms with Gasteiger partial charge in [-0.2, -0.15) is 5.10 Å². The second kappa shape index (κ2) is 8.82. The SMILES string of the molecule is CCOC(=O)/C=C/C1(C)COc2cc(C(N)=O)cc3nc(NC(O)c4cc(C)nn4CC)n1c23. The predicted octanol–water partition coefficient (Wildman–Crippen LogP) is 1.99. The van der Waals surface area contributed by atoms with Crippen molar-refractivity contribution in [3.8, 4) is 5.75 Å². The molecule has 0 spiro atoms. The molecule has 0 fully saturated rings. The number of primary amides is 1. The molecule has 4 N–H and O–H groups in total. The number of aryl methyl sites for hydroxylation is 2. The first-order valence-corrected chi connectivity index (χ1v) is 11.0. The van der Waals surface area contributed by atoms with Crippen LogP contribution < -0.4 is 15.8 Å². The molecule has 0 bridgehead atoms. The van der Waals surface area contributed by atoms with E-state index in [1.54, 1.807) is 35.9 Å². The summed E-state index contributed by atoms with van der Waals surface area (Å²) in [6, 6.07) is 4.92. The highest BCUT2D eigenvalue weighted by atomic mass is 16.5. The number of carbonyl (C=O) groups is 2. The quantitative estimate of drug-likeness (QED) is 0.258. The maximum absolute atomic E-state index is 12.0. The lowest BCUT2D eigenvalue weighted by molar-refractivity contribution is -0.137. The zero-order chi connectivity index (χ0) is 24.6. The third-order valence-corrected chi connectivity index (χ3v) is 5.68. The fourth-order valence-electron chi connectivity index (χ4n) is 4.10. The van der Waals surface area contributed by atoms with Crippen molar-refractivity contribution in [2.75, 3.05) is 18.5 Å². The Bertz CT molecular complexity index is 1290. The molecule has 3 heterocycles. The molecule has 2 atom stereocenters. The molecule has 4 rings (SSSR count). The summed E-state index contributed by atoms with van der Waals surface area (Å²) in [4.78, 5) is 28.5. The van der Waals surface area contributed by atoms with Gasteiger partial charge in [0.25, 0.3) is 0 Å². The maximum Gasteiger partial charge on any atom is 0.330 e. The molecule has 0 saturated heterocycles. The van der Waals surface area contributed by atoms with Crippen LogP contribution in [0.15, 0.2) is 30.4 Å². The molecule has 1 aromatic carbocycles. The number of anilines is 1. The van der Waals surface area contributed by atoms with Gasteiger partial charge in [-0.25, -0.2) is 9.78 Å². The Kier molecular flexibility index (Phi) is 6.05. The van der Waals surface area contributed by atoms with Crippen molar-refractivity contribution in [3.63, 3.8) is 0 Å². The van der Waals surface area contributed by atoms with Crippen LogP contribution in [-0.2, 0) is 21.6 Å². The third kappa shape index (κ3) is 4.10. The number of aliphatic hydroxyl groups excluding tert-OH is 1. The van der Waals surface area contributed by atoms with E-state index in [2.05, 4.69) is 15.4 Å². The molecule has 11 nitrogen and oxygen atoms in total. The average molecular weight is 469 g/mol. The Labute approximate surface area is 196 Å². The van der Waals surface area contributed by atoms with Crippen molar-refractivity contribution in [2.24, 2.45) is 5.73 Å². The molecule has 1 aliphatic heterocycles. The van der Waals surface area contributed by atoms with E-state index in [0.29, 0.717) is 35.0 Å². The normalized spacial score (nSPS) is 18.1. The lowest BCUT2D eigenvalue weighted by atomic mass is 10.00. The van der Waals surface area contributed by atoms with Crippen LogP contribution >= 0.6 is 0 Å². The molecular formula is C23H28N6O5. The summed E-state index contributed by atoms with van der Waals surface area (Å²) in [6.45, 7) is 8.36. The number of aromatic nitrogens is 4. The molecule has 11 heteroatoms. The molecule has 0 radical (unpaired) electrons. The number of nitrogens with two attached hydrogens (primary N) is 1. The molecule has 2 unspecified atom stereocenters. The Morgan fingerprint density at radius 2 is 2.15 bits per heavy atom. The molecule has 180 valence electrons. The number of rotatable bonds is 8. The van der Waals surface area contributed by atoms with Crippen LogP contribution in [0.5, 0.6) is 5.75 Å². The number of imidazole rings is 1. The fourth-order valence-corrected chi connectivity index (χ4v) is 4.10. The first kappa shape index (κ1) is 23.3. The minimum Gasteiger partial charge on any atom is -0.488 e. The van der Waals surface area contributed by atoms with Gasteiger partial charge >= 0.3 is 5.97 Å². The van der Waals surface area contributed by atoms with Crippen molar-refractivity contribution >= 4 is 28.9 Å². The summed E-state index contributed by atoms with van der Waals surface area (Å²) in [7, 11) is 0. The summed E-state index contributed by atoms with van der Waals surface area (Å²) >= 11 is 0. The van der Waals surface area contributed by atoms with Gasteiger partial charge in [-0.1, -0.05) is 0 Å². The van der Waals surface area contributed by atoms with E-state index in [9.17, 15) is 14.7 Å². The number of hydrogen-bond acceptors (Lipinski definition) is 8. The zero-order valence-corrected chi connectivity index (χ0v) is 19.5. The van der Waals surface area contributed by atoms with Crippen molar-refractivity contribution in [1.29, 1.82) is 0 Å². The van der Waals surface area contributed by atoms with Crippen LogP contribution in [0.3, 0.4) is 0 Å². The first-order valence-electron chi connectivity index (χ1n) is 11.0. The topological polar surface area (TPSA) is 147 Å². The highest BCUT2D eigenvalue weighted by Gasteiger charge is 2.36. The number of carbonyl (C=O) groups excluding carboxylic acids is 2. The van der Waals surface area contributed by atoms with Crippen LogP contribution in [0.25, 0.3) is 11.0 Å². The van der Waals surface area contributed by atoms with Gasteiger partial charge in [0.1, 0.15) is 17.9 Å². The van der Waals surface area contributed by atoms with Crippen LogP contribution in [-0.4, -0.2) is 49.5 Å². The molecule has 34 heavy (non-hydrogen) atoms. The molecule has 1 aliphatic rings. The second-order valence-corrected chi connectivity index (χ2v) is 8.28. The van der Waals surface area contributed by atoms with Gasteiger partial charge in [0.05, 0.1) is 29.1 Å². The van der Waals surface area contributed by atoms with Crippen LogP contribution in [0.1, 0.15) is 48.7 Å². The van der Waals surface area contributed by atoms with E-state index in [1.165, 1.54) is 6.08 Å². The smallest absolute Gasteiger partial charge is 0.330 e. The summed E-state index contributed by atoms with van der Waals surface area (Å²) in [5, 5.41) is 18.5. The maximum atomic E-state index is 12.0. The molecule has 2 aromatic heterocycles. The van der Waals surface area contributed by atoms with E-state index in [1.807, 2.05) is 25.3 Å². The van der Waals surface area contributed by atoms with E-state index < -0.39 is 23.6 Å². The summed E-state index contributed by atoms with van der Waals surface area (Å²) < 4.78 is 14.5. The minimum atomic E-state index is -1.12. The highest BCUT2D eigenvalue weighted by molar-refractivity contribution is 5.99. The fraction of sp³-hybridized carbons (Fsp3) is 0.391. The van der Waals surface area contributed by atoms with Crippen LogP contribution in [0.2, 0.25) is 0 Å². The largest absolute Gasteiger partial charge is 0.488 e. The number of aliphatic hydroxyl groups is 1. The Morgan fingerprint density at radius 3 is 2.82 bits per heavy atom. The number of esters is 1. The van der Waals surface area contributed by atoms with Crippen LogP contribution in [0, 0.1) is 6.92 Å². The van der Waals surface area contributed by atoms with Crippen molar-refractivity contribution in [2.45, 2.75) is 46.0 Å². The molecule has 3 aromatic rings. The summed E-state index contributed by atoms with van der Waals surface area (Å²) in [5.74, 6) is -0.334. The average Bonchev–Trinajstić information content (AvgIpc) is 3.36. The Balaban J connectivity index is 1.84. The number of benzene rings is 1.